The van der Waals surface area contributed by atoms with E-state index in [9.17, 15) is 13.6 Å². The summed E-state index contributed by atoms with van der Waals surface area (Å²) in [6, 6.07) is 3.67. The van der Waals surface area contributed by atoms with Crippen molar-refractivity contribution in [1.29, 1.82) is 0 Å². The van der Waals surface area contributed by atoms with Crippen LogP contribution in [0.1, 0.15) is 23.2 Å². The summed E-state index contributed by atoms with van der Waals surface area (Å²) in [4.78, 5) is 16.7. The van der Waals surface area contributed by atoms with Crippen molar-refractivity contribution in [2.24, 2.45) is 0 Å². The maximum Gasteiger partial charge on any atom is 0.179 e. The summed E-state index contributed by atoms with van der Waals surface area (Å²) in [5, 5.41) is 0. The van der Waals surface area contributed by atoms with Crippen LogP contribution >= 0.6 is 0 Å². The van der Waals surface area contributed by atoms with Crippen molar-refractivity contribution in [3.63, 3.8) is 0 Å². The third kappa shape index (κ3) is 2.74. The standard InChI is InChI=1S/C15H18F2N2O/c16-11-3-4-13(14(17)8-11)15(20)10-18-6-7-19-5-1-2-12(19)9-18/h3-4,8,12H,1-2,5-7,9-10H2. The number of piperazine rings is 1. The van der Waals surface area contributed by atoms with E-state index in [1.807, 2.05) is 0 Å². The van der Waals surface area contributed by atoms with Crippen molar-refractivity contribution < 1.29 is 13.6 Å². The van der Waals surface area contributed by atoms with Gasteiger partial charge in [0.25, 0.3) is 0 Å². The maximum absolute atomic E-state index is 13.6. The summed E-state index contributed by atoms with van der Waals surface area (Å²) >= 11 is 0. The van der Waals surface area contributed by atoms with Gasteiger partial charge in [0.1, 0.15) is 11.6 Å². The molecule has 108 valence electrons. The molecule has 20 heavy (non-hydrogen) atoms. The van der Waals surface area contributed by atoms with Gasteiger partial charge in [-0.25, -0.2) is 8.78 Å². The number of hydrogen-bond acceptors (Lipinski definition) is 3. The molecule has 5 heteroatoms. The first-order chi connectivity index (χ1) is 9.63. The van der Waals surface area contributed by atoms with E-state index in [0.29, 0.717) is 6.04 Å². The maximum atomic E-state index is 13.6. The molecule has 0 saturated carbocycles. The fraction of sp³-hybridized carbons (Fsp3) is 0.533. The van der Waals surface area contributed by atoms with Crippen molar-refractivity contribution in [2.75, 3.05) is 32.7 Å². The number of ketones is 1. The molecule has 2 heterocycles. The number of rotatable bonds is 3. The van der Waals surface area contributed by atoms with Crippen LogP contribution < -0.4 is 0 Å². The predicted octanol–water partition coefficient (Wildman–Crippen LogP) is 1.93. The first-order valence-corrected chi connectivity index (χ1v) is 7.08. The van der Waals surface area contributed by atoms with Crippen LogP contribution in [0, 0.1) is 11.6 Å². The van der Waals surface area contributed by atoms with Crippen molar-refractivity contribution in [2.45, 2.75) is 18.9 Å². The van der Waals surface area contributed by atoms with Gasteiger partial charge in [-0.15, -0.1) is 0 Å². The molecule has 3 nitrogen and oxygen atoms in total. The summed E-state index contributed by atoms with van der Waals surface area (Å²) in [6.07, 6.45) is 2.40. The molecular weight excluding hydrogens is 262 g/mol. The molecule has 3 rings (SSSR count). The minimum atomic E-state index is -0.769. The quantitative estimate of drug-likeness (QED) is 0.790. The molecule has 2 aliphatic heterocycles. The van der Waals surface area contributed by atoms with Crippen molar-refractivity contribution >= 4 is 5.78 Å². The molecule has 0 aromatic heterocycles. The number of nitrogens with zero attached hydrogens (tertiary/aromatic N) is 2. The summed E-state index contributed by atoms with van der Waals surface area (Å²) in [5.41, 5.74) is -0.0137. The Morgan fingerprint density at radius 3 is 2.90 bits per heavy atom. The van der Waals surface area contributed by atoms with Crippen LogP contribution in [0.2, 0.25) is 0 Å². The Morgan fingerprint density at radius 2 is 2.10 bits per heavy atom. The second-order valence-electron chi connectivity index (χ2n) is 5.61. The molecule has 2 aliphatic rings. The Hall–Kier alpha value is -1.33. The second-order valence-corrected chi connectivity index (χ2v) is 5.61. The molecule has 0 aliphatic carbocycles. The highest BCUT2D eigenvalue weighted by Crippen LogP contribution is 2.21. The van der Waals surface area contributed by atoms with Gasteiger partial charge in [0, 0.05) is 31.7 Å². The van der Waals surface area contributed by atoms with Crippen LogP contribution in [0.15, 0.2) is 18.2 Å². The van der Waals surface area contributed by atoms with E-state index >= 15 is 0 Å². The number of halogens is 2. The van der Waals surface area contributed by atoms with E-state index in [2.05, 4.69) is 9.80 Å². The van der Waals surface area contributed by atoms with E-state index in [-0.39, 0.29) is 17.9 Å². The van der Waals surface area contributed by atoms with Gasteiger partial charge < -0.3 is 0 Å². The van der Waals surface area contributed by atoms with E-state index in [1.54, 1.807) is 0 Å². The van der Waals surface area contributed by atoms with E-state index < -0.39 is 11.6 Å². The lowest BCUT2D eigenvalue weighted by molar-refractivity contribution is 0.0781. The highest BCUT2D eigenvalue weighted by atomic mass is 19.1. The van der Waals surface area contributed by atoms with Gasteiger partial charge in [-0.3, -0.25) is 14.6 Å². The summed E-state index contributed by atoms with van der Waals surface area (Å²) in [6.45, 7) is 4.05. The lowest BCUT2D eigenvalue weighted by Crippen LogP contribution is -2.51. The van der Waals surface area contributed by atoms with Gasteiger partial charge in [0.15, 0.2) is 5.78 Å². The molecule has 1 aromatic rings. The topological polar surface area (TPSA) is 23.6 Å². The zero-order valence-electron chi connectivity index (χ0n) is 11.3. The Kier molecular flexibility index (Phi) is 3.81. The Bertz CT molecular complexity index is 521. The van der Waals surface area contributed by atoms with Crippen LogP contribution in [0.5, 0.6) is 0 Å². The van der Waals surface area contributed by atoms with Gasteiger partial charge in [-0.05, 0) is 31.5 Å². The van der Waals surface area contributed by atoms with Gasteiger partial charge in [-0.1, -0.05) is 0 Å². The van der Waals surface area contributed by atoms with E-state index in [1.165, 1.54) is 18.9 Å². The van der Waals surface area contributed by atoms with Crippen LogP contribution in [-0.4, -0.2) is 54.3 Å². The molecule has 0 spiro atoms. The normalized spacial score (nSPS) is 23.8. The smallest absolute Gasteiger partial charge is 0.179 e. The molecule has 1 unspecified atom stereocenters. The number of fused-ring (bicyclic) bond motifs is 1. The summed E-state index contributed by atoms with van der Waals surface area (Å²) in [5.74, 6) is -1.69. The monoisotopic (exact) mass is 280 g/mol. The highest BCUT2D eigenvalue weighted by Gasteiger charge is 2.31. The van der Waals surface area contributed by atoms with E-state index in [4.69, 9.17) is 0 Å². The molecule has 2 saturated heterocycles. The number of Topliss-reactive ketones (excluding diaryl/α,β-unsaturated/α-hetero) is 1. The Labute approximate surface area is 117 Å². The van der Waals surface area contributed by atoms with Gasteiger partial charge in [-0.2, -0.15) is 0 Å². The second kappa shape index (κ2) is 5.58. The molecular formula is C15H18F2N2O. The third-order valence-corrected chi connectivity index (χ3v) is 4.27. The molecule has 2 fully saturated rings. The molecule has 0 amide bonds. The predicted molar refractivity (Wildman–Crippen MR) is 71.7 cm³/mol. The molecule has 1 aromatic carbocycles. The largest absolute Gasteiger partial charge is 0.298 e. The fourth-order valence-electron chi connectivity index (χ4n) is 3.20. The van der Waals surface area contributed by atoms with Gasteiger partial charge >= 0.3 is 0 Å². The van der Waals surface area contributed by atoms with Gasteiger partial charge in [0.05, 0.1) is 12.1 Å². The van der Waals surface area contributed by atoms with E-state index in [0.717, 1.165) is 38.3 Å². The number of carbonyl (C=O) groups is 1. The fourth-order valence-corrected chi connectivity index (χ4v) is 3.20. The molecule has 0 bridgehead atoms. The summed E-state index contributed by atoms with van der Waals surface area (Å²) < 4.78 is 26.4. The van der Waals surface area contributed by atoms with Crippen molar-refractivity contribution in [3.05, 3.63) is 35.4 Å². The average molecular weight is 280 g/mol. The zero-order valence-corrected chi connectivity index (χ0v) is 11.3. The number of benzene rings is 1. The molecule has 0 N–H and O–H groups in total. The lowest BCUT2D eigenvalue weighted by Gasteiger charge is -2.37. The third-order valence-electron chi connectivity index (χ3n) is 4.27. The highest BCUT2D eigenvalue weighted by molar-refractivity contribution is 5.97. The van der Waals surface area contributed by atoms with Crippen LogP contribution in [0.3, 0.4) is 0 Å². The van der Waals surface area contributed by atoms with Crippen LogP contribution in [-0.2, 0) is 0 Å². The molecule has 1 atom stereocenters. The first-order valence-electron chi connectivity index (χ1n) is 7.08. The van der Waals surface area contributed by atoms with Crippen molar-refractivity contribution in [1.82, 2.24) is 9.80 Å². The van der Waals surface area contributed by atoms with Gasteiger partial charge in [0.2, 0.25) is 0 Å². The minimum absolute atomic E-state index is 0.0137. The molecule has 0 radical (unpaired) electrons. The number of hydrogen-bond donors (Lipinski definition) is 0. The minimum Gasteiger partial charge on any atom is -0.298 e. The summed E-state index contributed by atoms with van der Waals surface area (Å²) in [7, 11) is 0. The Balaban J connectivity index is 1.64. The Morgan fingerprint density at radius 1 is 1.25 bits per heavy atom. The number of carbonyl (C=O) groups excluding carboxylic acids is 1. The first kappa shape index (κ1) is 13.6. The van der Waals surface area contributed by atoms with Crippen molar-refractivity contribution in [3.8, 4) is 0 Å². The van der Waals surface area contributed by atoms with Crippen LogP contribution in [0.25, 0.3) is 0 Å². The zero-order chi connectivity index (χ0) is 14.1. The van der Waals surface area contributed by atoms with Crippen LogP contribution in [0.4, 0.5) is 8.78 Å². The lowest BCUT2D eigenvalue weighted by atomic mass is 10.1. The SMILES string of the molecule is O=C(CN1CCN2CCCC2C1)c1ccc(F)cc1F. The average Bonchev–Trinajstić information content (AvgIpc) is 2.85.